The quantitative estimate of drug-likeness (QED) is 0.659. The van der Waals surface area contributed by atoms with Gasteiger partial charge < -0.3 is 10.2 Å². The van der Waals surface area contributed by atoms with E-state index < -0.39 is 10.8 Å². The number of hydrogen-bond acceptors (Lipinski definition) is 5. The summed E-state index contributed by atoms with van der Waals surface area (Å²) in [6.07, 6.45) is 1.99. The van der Waals surface area contributed by atoms with Crippen molar-refractivity contribution >= 4 is 28.2 Å². The maximum atomic E-state index is 11.7. The number of carbonyl (C=O) groups excluding carboxylic acids is 2. The Kier molecular flexibility index (Phi) is 4.10. The van der Waals surface area contributed by atoms with Crippen molar-refractivity contribution in [1.29, 1.82) is 0 Å². The van der Waals surface area contributed by atoms with E-state index >= 15 is 0 Å². The van der Waals surface area contributed by atoms with E-state index in [0.717, 1.165) is 37.3 Å². The monoisotopic (exact) mass is 283 g/mol. The number of nitro groups is 1. The topological polar surface area (TPSA) is 92.6 Å². The van der Waals surface area contributed by atoms with Crippen LogP contribution in [0.4, 0.5) is 5.00 Å². The van der Waals surface area contributed by atoms with Gasteiger partial charge in [-0.05, 0) is 18.9 Å². The van der Waals surface area contributed by atoms with E-state index in [4.69, 9.17) is 0 Å². The number of likely N-dealkylation sites (tertiary alicyclic amines) is 1. The molecular weight excluding hydrogens is 270 g/mol. The molecule has 7 nitrogen and oxygen atoms in total. The molecule has 0 aliphatic carbocycles. The fourth-order valence-corrected chi connectivity index (χ4v) is 2.61. The molecule has 1 aromatic heterocycles. The van der Waals surface area contributed by atoms with E-state index in [0.29, 0.717) is 0 Å². The third-order valence-corrected chi connectivity index (χ3v) is 3.89. The van der Waals surface area contributed by atoms with Crippen LogP contribution in [0.2, 0.25) is 0 Å². The van der Waals surface area contributed by atoms with Gasteiger partial charge in [0.25, 0.3) is 5.91 Å². The highest BCUT2D eigenvalue weighted by atomic mass is 32.1. The molecule has 2 rings (SSSR count). The van der Waals surface area contributed by atoms with Gasteiger partial charge in [0.1, 0.15) is 0 Å². The lowest BCUT2D eigenvalue weighted by Gasteiger charge is -2.15. The Labute approximate surface area is 113 Å². The summed E-state index contributed by atoms with van der Waals surface area (Å²) in [5.41, 5.74) is 0. The van der Waals surface area contributed by atoms with Gasteiger partial charge in [0.2, 0.25) is 5.91 Å². The summed E-state index contributed by atoms with van der Waals surface area (Å²) in [5.74, 6) is -0.567. The van der Waals surface area contributed by atoms with E-state index in [1.54, 1.807) is 4.90 Å². The molecule has 2 heterocycles. The summed E-state index contributed by atoms with van der Waals surface area (Å²) in [5, 5.41) is 12.9. The molecule has 1 aromatic rings. The summed E-state index contributed by atoms with van der Waals surface area (Å²) in [6, 6.07) is 2.67. The third-order valence-electron chi connectivity index (χ3n) is 2.85. The van der Waals surface area contributed by atoms with Crippen molar-refractivity contribution < 1.29 is 14.5 Å². The van der Waals surface area contributed by atoms with Gasteiger partial charge in [-0.1, -0.05) is 11.3 Å². The first kappa shape index (κ1) is 13.5. The molecular formula is C11H13N3O4S. The van der Waals surface area contributed by atoms with Crippen LogP contribution in [0.3, 0.4) is 0 Å². The average Bonchev–Trinajstić information content (AvgIpc) is 3.05. The Morgan fingerprint density at radius 3 is 2.63 bits per heavy atom. The van der Waals surface area contributed by atoms with Gasteiger partial charge in [-0.15, -0.1) is 0 Å². The molecule has 1 fully saturated rings. The second-order valence-corrected chi connectivity index (χ2v) is 5.23. The van der Waals surface area contributed by atoms with Crippen LogP contribution >= 0.6 is 11.3 Å². The van der Waals surface area contributed by atoms with Crippen LogP contribution in [-0.4, -0.2) is 41.3 Å². The number of hydrogen-bond donors (Lipinski definition) is 1. The van der Waals surface area contributed by atoms with Gasteiger partial charge in [-0.2, -0.15) is 0 Å². The molecule has 0 spiro atoms. The van der Waals surface area contributed by atoms with Crippen molar-refractivity contribution in [3.8, 4) is 0 Å². The molecule has 19 heavy (non-hydrogen) atoms. The molecule has 8 heteroatoms. The molecule has 102 valence electrons. The first-order chi connectivity index (χ1) is 9.08. The number of carbonyl (C=O) groups is 2. The number of nitrogens with one attached hydrogen (secondary N) is 1. The van der Waals surface area contributed by atoms with Crippen LogP contribution in [0.25, 0.3) is 0 Å². The third kappa shape index (κ3) is 3.28. The molecule has 0 aromatic carbocycles. The van der Waals surface area contributed by atoms with Crippen LogP contribution in [-0.2, 0) is 4.79 Å². The highest BCUT2D eigenvalue weighted by molar-refractivity contribution is 7.17. The van der Waals surface area contributed by atoms with Crippen molar-refractivity contribution in [3.05, 3.63) is 27.1 Å². The summed E-state index contributed by atoms with van der Waals surface area (Å²) in [6.45, 7) is 1.41. The smallest absolute Gasteiger partial charge is 0.324 e. The molecule has 2 amide bonds. The Hall–Kier alpha value is -1.96. The van der Waals surface area contributed by atoms with Crippen molar-refractivity contribution in [2.24, 2.45) is 0 Å². The maximum Gasteiger partial charge on any atom is 0.324 e. The number of rotatable bonds is 4. The molecule has 1 aliphatic rings. The minimum Gasteiger partial charge on any atom is -0.342 e. The highest BCUT2D eigenvalue weighted by Crippen LogP contribution is 2.23. The predicted molar refractivity (Wildman–Crippen MR) is 69.1 cm³/mol. The zero-order valence-electron chi connectivity index (χ0n) is 10.1. The Bertz CT molecular complexity index is 508. The second-order valence-electron chi connectivity index (χ2n) is 4.17. The molecule has 0 bridgehead atoms. The van der Waals surface area contributed by atoms with Gasteiger partial charge >= 0.3 is 5.00 Å². The minimum atomic E-state index is -0.545. The molecule has 1 aliphatic heterocycles. The zero-order valence-corrected chi connectivity index (χ0v) is 10.9. The van der Waals surface area contributed by atoms with E-state index in [2.05, 4.69) is 5.32 Å². The van der Waals surface area contributed by atoms with Crippen LogP contribution in [0.15, 0.2) is 12.1 Å². The van der Waals surface area contributed by atoms with Crippen molar-refractivity contribution in [2.45, 2.75) is 12.8 Å². The zero-order chi connectivity index (χ0) is 13.8. The average molecular weight is 283 g/mol. The predicted octanol–water partition coefficient (Wildman–Crippen LogP) is 1.01. The van der Waals surface area contributed by atoms with E-state index in [9.17, 15) is 19.7 Å². The first-order valence-corrected chi connectivity index (χ1v) is 6.70. The van der Waals surface area contributed by atoms with Gasteiger partial charge in [0, 0.05) is 19.2 Å². The SMILES string of the molecule is O=C(NCC(=O)N1CCCC1)c1ccc([N+](=O)[O-])s1. The number of amides is 2. The second kappa shape index (κ2) is 5.79. The largest absolute Gasteiger partial charge is 0.342 e. The molecule has 0 saturated carbocycles. The Morgan fingerprint density at radius 2 is 2.05 bits per heavy atom. The molecule has 0 unspecified atom stereocenters. The van der Waals surface area contributed by atoms with Crippen LogP contribution in [0, 0.1) is 10.1 Å². The summed E-state index contributed by atoms with van der Waals surface area (Å²) in [4.78, 5) is 35.3. The fraction of sp³-hybridized carbons (Fsp3) is 0.455. The lowest BCUT2D eigenvalue weighted by Crippen LogP contribution is -2.38. The van der Waals surface area contributed by atoms with Crippen molar-refractivity contribution in [1.82, 2.24) is 10.2 Å². The fourth-order valence-electron chi connectivity index (χ4n) is 1.87. The molecule has 1 saturated heterocycles. The summed E-state index contributed by atoms with van der Waals surface area (Å²) in [7, 11) is 0. The summed E-state index contributed by atoms with van der Waals surface area (Å²) >= 11 is 0.797. The normalized spacial score (nSPS) is 14.4. The van der Waals surface area contributed by atoms with E-state index in [-0.39, 0.29) is 22.3 Å². The first-order valence-electron chi connectivity index (χ1n) is 5.88. The number of nitrogens with zero attached hydrogens (tertiary/aromatic N) is 2. The maximum absolute atomic E-state index is 11.7. The number of thiophene rings is 1. The van der Waals surface area contributed by atoms with Crippen molar-refractivity contribution in [3.63, 3.8) is 0 Å². The Balaban J connectivity index is 1.86. The summed E-state index contributed by atoms with van der Waals surface area (Å²) < 4.78 is 0. The van der Waals surface area contributed by atoms with E-state index in [1.807, 2.05) is 0 Å². The highest BCUT2D eigenvalue weighted by Gasteiger charge is 2.20. The van der Waals surface area contributed by atoms with Gasteiger partial charge in [0.05, 0.1) is 16.3 Å². The molecule has 0 radical (unpaired) electrons. The van der Waals surface area contributed by atoms with Gasteiger partial charge in [-0.3, -0.25) is 19.7 Å². The lowest BCUT2D eigenvalue weighted by molar-refractivity contribution is -0.380. The molecule has 0 atom stereocenters. The standard InChI is InChI=1S/C11H13N3O4S/c15-9(13-5-1-2-6-13)7-12-11(16)8-3-4-10(19-8)14(17)18/h3-4H,1-2,5-7H2,(H,12,16). The van der Waals surface area contributed by atoms with Gasteiger partial charge in [0.15, 0.2) is 0 Å². The van der Waals surface area contributed by atoms with Crippen LogP contribution < -0.4 is 5.32 Å². The van der Waals surface area contributed by atoms with Crippen LogP contribution in [0.1, 0.15) is 22.5 Å². The molecule has 1 N–H and O–H groups in total. The van der Waals surface area contributed by atoms with Crippen molar-refractivity contribution in [2.75, 3.05) is 19.6 Å². The minimum absolute atomic E-state index is 0.0649. The van der Waals surface area contributed by atoms with Crippen LogP contribution in [0.5, 0.6) is 0 Å². The Morgan fingerprint density at radius 1 is 1.37 bits per heavy atom. The van der Waals surface area contributed by atoms with E-state index in [1.165, 1.54) is 12.1 Å². The van der Waals surface area contributed by atoms with Gasteiger partial charge in [-0.25, -0.2) is 0 Å². The lowest BCUT2D eigenvalue weighted by atomic mass is 10.4.